The predicted molar refractivity (Wildman–Crippen MR) is 93.5 cm³/mol. The maximum atomic E-state index is 14.3. The topological polar surface area (TPSA) is 56.2 Å². The number of hydrogen-bond donors (Lipinski definition) is 1. The summed E-state index contributed by atoms with van der Waals surface area (Å²) in [7, 11) is 0. The number of aromatic nitrogens is 2. The molecule has 0 unspecified atom stereocenters. The van der Waals surface area contributed by atoms with Crippen LogP contribution in [0.2, 0.25) is 5.02 Å². The number of nitrogens with two attached hydrogens (primary N) is 1. The molecule has 2 N–H and O–H groups in total. The highest BCUT2D eigenvalue weighted by atomic mass is 35.5. The Morgan fingerprint density at radius 2 is 1.96 bits per heavy atom. The van der Waals surface area contributed by atoms with Crippen LogP contribution < -0.4 is 5.73 Å². The van der Waals surface area contributed by atoms with Crippen molar-refractivity contribution >= 4 is 23.1 Å². The Morgan fingerprint density at radius 3 is 2.75 bits per heavy atom. The van der Waals surface area contributed by atoms with Crippen LogP contribution in [-0.2, 0) is 6.54 Å². The Hall–Kier alpha value is -2.66. The first-order valence-electron chi connectivity index (χ1n) is 7.49. The number of halogens is 2. The Morgan fingerprint density at radius 1 is 1.17 bits per heavy atom. The number of hydrogen-bond acceptors (Lipinski definition) is 3. The zero-order valence-corrected chi connectivity index (χ0v) is 13.7. The third-order valence-corrected chi connectivity index (χ3v) is 4.36. The van der Waals surface area contributed by atoms with Gasteiger partial charge in [0, 0.05) is 16.1 Å². The smallest absolute Gasteiger partial charge is 0.137 e. The Kier molecular flexibility index (Phi) is 3.39. The lowest BCUT2D eigenvalue weighted by molar-refractivity contribution is 0.625. The molecule has 0 fully saturated rings. The van der Waals surface area contributed by atoms with Crippen molar-refractivity contribution in [3.05, 3.63) is 75.9 Å². The van der Waals surface area contributed by atoms with Gasteiger partial charge in [0.25, 0.3) is 0 Å². The van der Waals surface area contributed by atoms with Crippen LogP contribution in [0, 0.1) is 12.7 Å². The van der Waals surface area contributed by atoms with E-state index in [9.17, 15) is 4.39 Å². The van der Waals surface area contributed by atoms with Gasteiger partial charge in [0.15, 0.2) is 0 Å². The van der Waals surface area contributed by atoms with E-state index < -0.39 is 0 Å². The van der Waals surface area contributed by atoms with E-state index in [1.165, 1.54) is 6.07 Å². The maximum absolute atomic E-state index is 14.3. The third kappa shape index (κ3) is 2.20. The molecule has 3 aromatic rings. The minimum absolute atomic E-state index is 0.313. The van der Waals surface area contributed by atoms with E-state index in [1.807, 2.05) is 17.6 Å². The summed E-state index contributed by atoms with van der Waals surface area (Å²) in [6, 6.07) is 12.0. The van der Waals surface area contributed by atoms with Gasteiger partial charge in [-0.2, -0.15) is 0 Å². The van der Waals surface area contributed by atoms with Crippen LogP contribution in [0.5, 0.6) is 0 Å². The maximum Gasteiger partial charge on any atom is 0.137 e. The lowest BCUT2D eigenvalue weighted by Crippen LogP contribution is -2.10. The van der Waals surface area contributed by atoms with E-state index in [0.29, 0.717) is 28.7 Å². The zero-order chi connectivity index (χ0) is 16.8. The van der Waals surface area contributed by atoms with Crippen molar-refractivity contribution in [2.24, 2.45) is 4.99 Å². The number of anilines is 1. The molecule has 2 heterocycles. The lowest BCUT2D eigenvalue weighted by Gasteiger charge is -2.14. The average molecular weight is 341 g/mol. The first-order chi connectivity index (χ1) is 11.6. The molecule has 0 spiro atoms. The van der Waals surface area contributed by atoms with Crippen molar-refractivity contribution < 1.29 is 4.39 Å². The fraction of sp³-hybridized carbons (Fsp3) is 0.111. The molecule has 0 saturated carbocycles. The summed E-state index contributed by atoms with van der Waals surface area (Å²) in [5.74, 6) is 0.948. The molecule has 4 rings (SSSR count). The van der Waals surface area contributed by atoms with Crippen LogP contribution >= 0.6 is 11.6 Å². The standard InChI is InChI=1S/C18H14ClFN4/c1-10-18(21)24-15-7-6-11(19)8-13(15)17(22-9-16(24)23-10)12-4-2-3-5-14(12)20/h2-8H,9,21H2,1H3. The van der Waals surface area contributed by atoms with Gasteiger partial charge in [-0.15, -0.1) is 0 Å². The number of aryl methyl sites for hydroxylation is 1. The molecule has 24 heavy (non-hydrogen) atoms. The highest BCUT2D eigenvalue weighted by molar-refractivity contribution is 6.31. The second-order valence-electron chi connectivity index (χ2n) is 5.64. The van der Waals surface area contributed by atoms with Crippen molar-refractivity contribution in [2.45, 2.75) is 13.5 Å². The average Bonchev–Trinajstić information content (AvgIpc) is 2.75. The SMILES string of the molecule is Cc1nc2n(c1N)-c1ccc(Cl)cc1C(c1ccccc1F)=NC2. The summed E-state index contributed by atoms with van der Waals surface area (Å²) >= 11 is 6.19. The number of imidazole rings is 1. The van der Waals surface area contributed by atoms with Crippen LogP contribution in [-0.4, -0.2) is 15.3 Å². The molecule has 1 aliphatic heterocycles. The van der Waals surface area contributed by atoms with E-state index in [2.05, 4.69) is 9.98 Å². The molecule has 4 nitrogen and oxygen atoms in total. The Bertz CT molecular complexity index is 991. The van der Waals surface area contributed by atoms with Gasteiger partial charge < -0.3 is 5.73 Å². The zero-order valence-electron chi connectivity index (χ0n) is 12.9. The van der Waals surface area contributed by atoms with Gasteiger partial charge in [-0.3, -0.25) is 9.56 Å². The molecule has 0 radical (unpaired) electrons. The van der Waals surface area contributed by atoms with E-state index in [-0.39, 0.29) is 5.82 Å². The molecule has 2 aromatic carbocycles. The number of nitrogen functional groups attached to an aromatic ring is 1. The first kappa shape index (κ1) is 14.9. The summed E-state index contributed by atoms with van der Waals surface area (Å²) in [5.41, 5.74) is 9.46. The van der Waals surface area contributed by atoms with Gasteiger partial charge in [-0.25, -0.2) is 9.37 Å². The van der Waals surface area contributed by atoms with Crippen LogP contribution in [0.15, 0.2) is 47.5 Å². The molecule has 6 heteroatoms. The predicted octanol–water partition coefficient (Wildman–Crippen LogP) is 3.91. The molecule has 1 aliphatic rings. The Labute approximate surface area is 143 Å². The molecule has 120 valence electrons. The van der Waals surface area contributed by atoms with Crippen LogP contribution in [0.4, 0.5) is 10.2 Å². The monoisotopic (exact) mass is 340 g/mol. The summed E-state index contributed by atoms with van der Waals surface area (Å²) in [6.07, 6.45) is 0. The molecule has 0 amide bonds. The number of benzene rings is 2. The molecular weight excluding hydrogens is 327 g/mol. The molecule has 0 saturated heterocycles. The van der Waals surface area contributed by atoms with Crippen molar-refractivity contribution in [3.63, 3.8) is 0 Å². The van der Waals surface area contributed by atoms with Crippen molar-refractivity contribution in [1.82, 2.24) is 9.55 Å². The minimum atomic E-state index is -0.328. The number of nitrogens with zero attached hydrogens (tertiary/aromatic N) is 3. The molecule has 0 bridgehead atoms. The quantitative estimate of drug-likeness (QED) is 0.730. The molecule has 1 aromatic heterocycles. The normalized spacial score (nSPS) is 13.0. The van der Waals surface area contributed by atoms with Crippen molar-refractivity contribution in [2.75, 3.05) is 5.73 Å². The van der Waals surface area contributed by atoms with Gasteiger partial charge in [-0.1, -0.05) is 23.7 Å². The highest BCUT2D eigenvalue weighted by Gasteiger charge is 2.24. The van der Waals surface area contributed by atoms with Crippen LogP contribution in [0.1, 0.15) is 22.6 Å². The lowest BCUT2D eigenvalue weighted by atomic mass is 10.00. The highest BCUT2D eigenvalue weighted by Crippen LogP contribution is 2.31. The van der Waals surface area contributed by atoms with Crippen molar-refractivity contribution in [1.29, 1.82) is 0 Å². The van der Waals surface area contributed by atoms with Gasteiger partial charge >= 0.3 is 0 Å². The number of rotatable bonds is 1. The van der Waals surface area contributed by atoms with Crippen LogP contribution in [0.3, 0.4) is 0 Å². The summed E-state index contributed by atoms with van der Waals surface area (Å²) in [4.78, 5) is 9.10. The summed E-state index contributed by atoms with van der Waals surface area (Å²) < 4.78 is 16.2. The fourth-order valence-corrected chi connectivity index (χ4v) is 3.16. The van der Waals surface area contributed by atoms with Gasteiger partial charge in [0.05, 0.1) is 23.6 Å². The van der Waals surface area contributed by atoms with Gasteiger partial charge in [0.2, 0.25) is 0 Å². The molecule has 0 atom stereocenters. The third-order valence-electron chi connectivity index (χ3n) is 4.13. The first-order valence-corrected chi connectivity index (χ1v) is 7.87. The molecule has 0 aliphatic carbocycles. The van der Waals surface area contributed by atoms with Crippen molar-refractivity contribution in [3.8, 4) is 5.69 Å². The second-order valence-corrected chi connectivity index (χ2v) is 6.08. The summed E-state index contributed by atoms with van der Waals surface area (Å²) in [6.45, 7) is 2.17. The number of fused-ring (bicyclic) bond motifs is 3. The van der Waals surface area contributed by atoms with Gasteiger partial charge in [-0.05, 0) is 37.3 Å². The van der Waals surface area contributed by atoms with Gasteiger partial charge in [0.1, 0.15) is 17.5 Å². The number of aliphatic imine (C=N–C) groups is 1. The molecular formula is C18H14ClFN4. The Balaban J connectivity index is 2.03. The second kappa shape index (κ2) is 5.46. The summed E-state index contributed by atoms with van der Waals surface area (Å²) in [5, 5.41) is 0.552. The van der Waals surface area contributed by atoms with E-state index in [1.54, 1.807) is 30.3 Å². The fourth-order valence-electron chi connectivity index (χ4n) is 2.99. The largest absolute Gasteiger partial charge is 0.383 e. The van der Waals surface area contributed by atoms with E-state index >= 15 is 0 Å². The minimum Gasteiger partial charge on any atom is -0.383 e. The van der Waals surface area contributed by atoms with E-state index in [0.717, 1.165) is 22.8 Å². The van der Waals surface area contributed by atoms with E-state index in [4.69, 9.17) is 17.3 Å². The van der Waals surface area contributed by atoms with Crippen LogP contribution in [0.25, 0.3) is 5.69 Å².